The molecule has 5 aliphatic heterocycles. The van der Waals surface area contributed by atoms with Crippen LogP contribution < -0.4 is 16.0 Å². The largest absolute Gasteiger partial charge is 0.477 e. The molecular weight excluding hydrogens is 1500 g/mol. The summed E-state index contributed by atoms with van der Waals surface area (Å²) in [6.07, 6.45) is -5.94. The van der Waals surface area contributed by atoms with Gasteiger partial charge in [0.1, 0.15) is 123 Å². The van der Waals surface area contributed by atoms with Gasteiger partial charge in [0.2, 0.25) is 17.7 Å². The lowest BCUT2D eigenvalue weighted by atomic mass is 9.88. The first-order valence-corrected chi connectivity index (χ1v) is 41.9. The van der Waals surface area contributed by atoms with E-state index >= 15 is 0 Å². The van der Waals surface area contributed by atoms with Gasteiger partial charge in [-0.2, -0.15) is 0 Å². The zero-order valence-corrected chi connectivity index (χ0v) is 66.9. The Balaban J connectivity index is 1.22. The fourth-order valence-corrected chi connectivity index (χ4v) is 15.1. The van der Waals surface area contributed by atoms with Crippen molar-refractivity contribution in [1.29, 1.82) is 0 Å². The minimum atomic E-state index is -3.26. The fraction of sp³-hybridized carbons (Fsp3) is 0.899. The van der Waals surface area contributed by atoms with Gasteiger partial charge >= 0.3 is 5.97 Å². The summed E-state index contributed by atoms with van der Waals surface area (Å²) in [6.45, 7) is -1.64. The quantitative estimate of drug-likeness (QED) is 0.0282. The zero-order valence-electron chi connectivity index (χ0n) is 66.9. The Morgan fingerprint density at radius 3 is 1.36 bits per heavy atom. The molecule has 5 saturated heterocycles. The third-order valence-electron chi connectivity index (χ3n) is 21.8. The smallest absolute Gasteiger partial charge is 0.364 e. The van der Waals surface area contributed by atoms with Gasteiger partial charge in [-0.1, -0.05) is 192 Å². The topological polar surface area (TPSA) is 561 Å². The number of aliphatic hydroxyl groups excluding tert-OH is 17. The summed E-state index contributed by atoms with van der Waals surface area (Å²) in [5, 5.41) is 206. The van der Waals surface area contributed by atoms with Crippen molar-refractivity contribution in [3.8, 4) is 0 Å². The number of ether oxygens (including phenoxy) is 10. The molecular formula is C79H141N3O32. The van der Waals surface area contributed by atoms with E-state index in [0.29, 0.717) is 12.8 Å². The standard InChI is InChI=1S/C79H141N3O32/c1-4-6-8-10-12-14-16-18-19-20-21-22-23-24-25-27-29-31-33-35-37-39-57(93)81-49(50(90)38-36-34-32-30-28-26-17-15-13-11-9-7-5-2)47-105-75-66(100)65(99)70(56(45-87)109-75)111-76-67(101)72(62(96)53(42-84)106-76)112-74-60(80-48(3)89)64(98)69(55(44-86)108-74)110-77-68(102)73(63(97)54(43-85)107-77)114-79(78(103)104)40-51(91)59(82-58(94)46-88)71(113-79)61(95)52(92)41-83/h18-19,36,38,49-56,59-77,83-88,90-92,95-102H,4-17,20-35,37,39-47H2,1-3H3,(H,80,89)(H,81,93)(H,82,94)(H,103,104)/b19-18-,38-36+/t49-,50+,51?,52+,53?,54?,55?,56?,59+,60?,61+,62-,63-,64+,65+,66?,67?,68?,69+,70+,71?,72-,73-,74-,75+,76-,77-,79-/m0/s1. The highest BCUT2D eigenvalue weighted by Gasteiger charge is 2.61. The number of aliphatic carboxylic acids is 1. The maximum absolute atomic E-state index is 13.6. The number of carbonyl (C=O) groups is 4. The first-order chi connectivity index (χ1) is 54.8. The number of rotatable bonds is 58. The van der Waals surface area contributed by atoms with Crippen LogP contribution in [0.4, 0.5) is 0 Å². The van der Waals surface area contributed by atoms with Crippen LogP contribution in [0.25, 0.3) is 0 Å². The van der Waals surface area contributed by atoms with E-state index in [9.17, 15) is 111 Å². The molecule has 0 aliphatic carbocycles. The van der Waals surface area contributed by atoms with Crippen LogP contribution in [0.2, 0.25) is 0 Å². The zero-order chi connectivity index (χ0) is 83.7. The van der Waals surface area contributed by atoms with Crippen LogP contribution in [0.1, 0.15) is 233 Å². The Morgan fingerprint density at radius 2 is 0.895 bits per heavy atom. The summed E-state index contributed by atoms with van der Waals surface area (Å²) in [5.41, 5.74) is 0. The van der Waals surface area contributed by atoms with Crippen molar-refractivity contribution >= 4 is 23.7 Å². The van der Waals surface area contributed by atoms with E-state index in [0.717, 1.165) is 64.7 Å². The lowest BCUT2D eigenvalue weighted by Crippen LogP contribution is -2.71. The molecule has 3 amide bonds. The van der Waals surface area contributed by atoms with E-state index in [-0.39, 0.29) is 12.3 Å². The molecule has 5 rings (SSSR count). The Kier molecular flexibility index (Phi) is 48.9. The highest BCUT2D eigenvalue weighted by Crippen LogP contribution is 2.40. The highest BCUT2D eigenvalue weighted by atomic mass is 16.8. The Bertz CT molecular complexity index is 2680. The number of amides is 3. The molecule has 5 heterocycles. The monoisotopic (exact) mass is 1640 g/mol. The van der Waals surface area contributed by atoms with Crippen molar-refractivity contribution in [2.75, 3.05) is 46.2 Å². The number of hydrogen-bond donors (Lipinski definition) is 21. The van der Waals surface area contributed by atoms with Gasteiger partial charge in [-0.05, 0) is 44.9 Å². The number of carbonyl (C=O) groups excluding carboxylic acids is 3. The first kappa shape index (κ1) is 101. The molecule has 0 bridgehead atoms. The number of aliphatic hydroxyl groups is 17. The van der Waals surface area contributed by atoms with Crippen molar-refractivity contribution in [3.05, 3.63) is 24.3 Å². The van der Waals surface area contributed by atoms with Crippen LogP contribution in [-0.4, -0.2) is 333 Å². The number of allylic oxidation sites excluding steroid dienone is 3. The lowest BCUT2D eigenvalue weighted by molar-refractivity contribution is -0.390. The van der Waals surface area contributed by atoms with Crippen molar-refractivity contribution in [2.45, 2.75) is 404 Å². The van der Waals surface area contributed by atoms with E-state index in [1.165, 1.54) is 128 Å². The molecule has 28 atom stereocenters. The summed E-state index contributed by atoms with van der Waals surface area (Å²) in [5.74, 6) is -7.80. The van der Waals surface area contributed by atoms with E-state index in [1.807, 2.05) is 6.08 Å². The average Bonchev–Trinajstić information content (AvgIpc) is 0.752. The predicted molar refractivity (Wildman–Crippen MR) is 407 cm³/mol. The van der Waals surface area contributed by atoms with Crippen LogP contribution >= 0.6 is 0 Å². The van der Waals surface area contributed by atoms with Gasteiger partial charge in [0, 0.05) is 19.8 Å². The number of unbranched alkanes of at least 4 members (excludes halogenated alkanes) is 28. The van der Waals surface area contributed by atoms with Crippen LogP contribution in [0.5, 0.6) is 0 Å². The molecule has 5 aliphatic rings. The summed E-state index contributed by atoms with van der Waals surface area (Å²) >= 11 is 0. The second kappa shape index (κ2) is 55.3. The molecule has 35 heteroatoms. The SMILES string of the molecule is CCCCCCCC/C=C\CCCCCCCCCCCCCC(=O)N[C@@H](CO[C@@H]1OC(CO)[C@@H](O[C@@H]2OC(CO)[C@H](O)[C@H](O[C@@H]3OC(CO)[C@@H](O[C@@H]4OC(CO)[C@H](O)[C@H](O[C@]5(C(=O)O)CC(O)[C@@H](NC(=O)CO)C([C@H](O)[C@H](O)CO)O5)C4O)[C@H](O)C3NC(C)=O)C2O)[C@H](O)C1O)[C@H](O)/C=C/CCCCCCCCCCCCC. The average molecular weight is 1640 g/mol. The van der Waals surface area contributed by atoms with Crippen molar-refractivity contribution in [3.63, 3.8) is 0 Å². The first-order valence-electron chi connectivity index (χ1n) is 41.9. The van der Waals surface area contributed by atoms with Gasteiger partial charge in [-0.15, -0.1) is 0 Å². The van der Waals surface area contributed by atoms with Gasteiger partial charge in [0.15, 0.2) is 25.2 Å². The summed E-state index contributed by atoms with van der Waals surface area (Å²) in [6, 6.07) is -4.79. The molecule has 114 heavy (non-hydrogen) atoms. The molecule has 5 fully saturated rings. The molecule has 0 saturated carbocycles. The molecule has 0 spiro atoms. The lowest BCUT2D eigenvalue weighted by Gasteiger charge is -2.51. The van der Waals surface area contributed by atoms with Crippen LogP contribution in [0.3, 0.4) is 0 Å². The van der Waals surface area contributed by atoms with E-state index in [4.69, 9.17) is 47.4 Å². The van der Waals surface area contributed by atoms with Gasteiger partial charge in [-0.25, -0.2) is 4.79 Å². The Labute approximate surface area is 670 Å². The summed E-state index contributed by atoms with van der Waals surface area (Å²) < 4.78 is 58.7. The number of hydrogen-bond acceptors (Lipinski definition) is 31. The second-order valence-electron chi connectivity index (χ2n) is 31.1. The predicted octanol–water partition coefficient (Wildman–Crippen LogP) is 0.0466. The Morgan fingerprint density at radius 1 is 0.465 bits per heavy atom. The third kappa shape index (κ3) is 32.3. The summed E-state index contributed by atoms with van der Waals surface area (Å²) in [7, 11) is 0. The van der Waals surface area contributed by atoms with Gasteiger partial charge < -0.3 is 155 Å². The highest BCUT2D eigenvalue weighted by molar-refractivity contribution is 5.78. The number of carboxylic acids is 1. The molecule has 21 N–H and O–H groups in total. The van der Waals surface area contributed by atoms with Crippen LogP contribution in [0, 0.1) is 0 Å². The fourth-order valence-electron chi connectivity index (χ4n) is 15.1. The molecule has 0 aromatic carbocycles. The minimum Gasteiger partial charge on any atom is -0.477 e. The molecule has 0 aromatic rings. The molecule has 664 valence electrons. The Hall–Kier alpha value is -3.72. The van der Waals surface area contributed by atoms with Crippen molar-refractivity contribution < 1.29 is 158 Å². The normalized spacial score (nSPS) is 33.3. The van der Waals surface area contributed by atoms with E-state index in [2.05, 4.69) is 41.9 Å². The second-order valence-corrected chi connectivity index (χ2v) is 31.1. The molecule has 35 nitrogen and oxygen atoms in total. The van der Waals surface area contributed by atoms with Crippen LogP contribution in [0.15, 0.2) is 24.3 Å². The summed E-state index contributed by atoms with van der Waals surface area (Å²) in [4.78, 5) is 51.9. The minimum absolute atomic E-state index is 0.166. The van der Waals surface area contributed by atoms with Gasteiger partial charge in [0.25, 0.3) is 5.79 Å². The van der Waals surface area contributed by atoms with Gasteiger partial charge in [-0.3, -0.25) is 14.4 Å². The van der Waals surface area contributed by atoms with E-state index < -0.39 is 242 Å². The third-order valence-corrected chi connectivity index (χ3v) is 21.8. The van der Waals surface area contributed by atoms with Crippen LogP contribution in [-0.2, 0) is 66.5 Å². The number of carboxylic acid groups (broad SMARTS) is 1. The number of nitrogens with one attached hydrogen (secondary N) is 3. The maximum atomic E-state index is 13.6. The molecule has 10 unspecified atom stereocenters. The van der Waals surface area contributed by atoms with Gasteiger partial charge in [0.05, 0.1) is 63.9 Å². The van der Waals surface area contributed by atoms with Crippen molar-refractivity contribution in [1.82, 2.24) is 16.0 Å². The maximum Gasteiger partial charge on any atom is 0.364 e. The van der Waals surface area contributed by atoms with Crippen molar-refractivity contribution in [2.24, 2.45) is 0 Å². The molecule has 0 radical (unpaired) electrons. The van der Waals surface area contributed by atoms with E-state index in [1.54, 1.807) is 6.08 Å². The molecule has 0 aromatic heterocycles.